The number of carbonyl (C=O) groups is 1. The van der Waals surface area contributed by atoms with Gasteiger partial charge in [0.15, 0.2) is 0 Å². The highest BCUT2D eigenvalue weighted by Gasteiger charge is 2.58. The SMILES string of the molecule is CC1(C2(C)NC(=O)N=C2N)CC1. The molecule has 66 valence electrons. The Kier molecular flexibility index (Phi) is 1.14. The molecule has 2 rings (SSSR count). The van der Waals surface area contributed by atoms with Crippen molar-refractivity contribution in [3.8, 4) is 0 Å². The number of rotatable bonds is 1. The molecule has 4 nitrogen and oxygen atoms in total. The average Bonchev–Trinajstić information content (AvgIpc) is 2.62. The molecule has 3 N–H and O–H groups in total. The smallest absolute Gasteiger partial charge is 0.343 e. The van der Waals surface area contributed by atoms with Crippen LogP contribution in [0.2, 0.25) is 0 Å². The molecule has 2 aliphatic rings. The van der Waals surface area contributed by atoms with Crippen LogP contribution in [0.4, 0.5) is 4.79 Å². The Labute approximate surface area is 71.2 Å². The molecule has 0 spiro atoms. The number of nitrogens with zero attached hydrogens (tertiary/aromatic N) is 1. The van der Waals surface area contributed by atoms with E-state index >= 15 is 0 Å². The number of urea groups is 1. The van der Waals surface area contributed by atoms with E-state index in [-0.39, 0.29) is 11.4 Å². The minimum Gasteiger partial charge on any atom is -0.385 e. The first-order chi connectivity index (χ1) is 5.48. The highest BCUT2D eigenvalue weighted by atomic mass is 16.2. The number of aliphatic imine (C=N–C) groups is 1. The Bertz CT molecular complexity index is 280. The third kappa shape index (κ3) is 0.722. The molecule has 12 heavy (non-hydrogen) atoms. The highest BCUT2D eigenvalue weighted by Crippen LogP contribution is 2.54. The maximum Gasteiger partial charge on any atom is 0.343 e. The lowest BCUT2D eigenvalue weighted by atomic mass is 9.83. The normalized spacial score (nSPS) is 37.5. The van der Waals surface area contributed by atoms with E-state index in [0.29, 0.717) is 5.84 Å². The van der Waals surface area contributed by atoms with Gasteiger partial charge in [0.2, 0.25) is 0 Å². The van der Waals surface area contributed by atoms with E-state index in [2.05, 4.69) is 17.2 Å². The molecule has 1 atom stereocenters. The maximum absolute atomic E-state index is 11.0. The first kappa shape index (κ1) is 7.58. The van der Waals surface area contributed by atoms with E-state index in [4.69, 9.17) is 5.73 Å². The summed E-state index contributed by atoms with van der Waals surface area (Å²) in [5, 5.41) is 2.81. The number of amidine groups is 1. The van der Waals surface area contributed by atoms with Gasteiger partial charge in [-0.25, -0.2) is 4.79 Å². The summed E-state index contributed by atoms with van der Waals surface area (Å²) < 4.78 is 0. The number of carbonyl (C=O) groups excluding carboxylic acids is 1. The van der Waals surface area contributed by atoms with E-state index < -0.39 is 5.54 Å². The fourth-order valence-electron chi connectivity index (χ4n) is 1.67. The first-order valence-corrected chi connectivity index (χ1v) is 4.15. The summed E-state index contributed by atoms with van der Waals surface area (Å²) in [5.41, 5.74) is 5.43. The number of hydrogen-bond donors (Lipinski definition) is 2. The fraction of sp³-hybridized carbons (Fsp3) is 0.750. The number of hydrogen-bond acceptors (Lipinski definition) is 2. The second kappa shape index (κ2) is 1.81. The zero-order chi connectivity index (χ0) is 8.98. The van der Waals surface area contributed by atoms with Crippen LogP contribution in [0.5, 0.6) is 0 Å². The lowest BCUT2D eigenvalue weighted by Gasteiger charge is -2.31. The molecule has 0 aromatic rings. The van der Waals surface area contributed by atoms with Crippen LogP contribution in [-0.2, 0) is 0 Å². The molecular weight excluding hydrogens is 154 g/mol. The van der Waals surface area contributed by atoms with Gasteiger partial charge in [0.1, 0.15) is 11.4 Å². The Morgan fingerprint density at radius 3 is 2.42 bits per heavy atom. The van der Waals surface area contributed by atoms with Gasteiger partial charge >= 0.3 is 6.03 Å². The molecule has 0 aromatic heterocycles. The minimum absolute atomic E-state index is 0.132. The standard InChI is InChI=1S/C8H13N3O/c1-7(3-4-7)8(2)5(9)10-6(12)11-8/h3-4H2,1-2H3,(H3,9,10,11,12). The monoisotopic (exact) mass is 167 g/mol. The number of amides is 2. The molecule has 0 saturated heterocycles. The van der Waals surface area contributed by atoms with Crippen LogP contribution in [0.25, 0.3) is 0 Å². The van der Waals surface area contributed by atoms with Gasteiger partial charge in [0.25, 0.3) is 0 Å². The van der Waals surface area contributed by atoms with E-state index in [9.17, 15) is 4.79 Å². The van der Waals surface area contributed by atoms with E-state index in [1.165, 1.54) is 0 Å². The molecule has 2 amide bonds. The summed E-state index contributed by atoms with van der Waals surface area (Å²) in [4.78, 5) is 14.7. The zero-order valence-electron chi connectivity index (χ0n) is 7.35. The summed E-state index contributed by atoms with van der Waals surface area (Å²) in [6.07, 6.45) is 2.22. The van der Waals surface area contributed by atoms with Gasteiger partial charge in [0, 0.05) is 0 Å². The van der Waals surface area contributed by atoms with Crippen LogP contribution < -0.4 is 11.1 Å². The highest BCUT2D eigenvalue weighted by molar-refractivity contribution is 6.06. The fourth-order valence-corrected chi connectivity index (χ4v) is 1.67. The van der Waals surface area contributed by atoms with Crippen molar-refractivity contribution in [1.29, 1.82) is 0 Å². The summed E-state index contributed by atoms with van der Waals surface area (Å²) in [6, 6.07) is -0.303. The van der Waals surface area contributed by atoms with Gasteiger partial charge in [-0.3, -0.25) is 0 Å². The molecule has 0 aromatic carbocycles. The van der Waals surface area contributed by atoms with Crippen LogP contribution in [0.15, 0.2) is 4.99 Å². The van der Waals surface area contributed by atoms with Crippen LogP contribution in [0, 0.1) is 5.41 Å². The minimum atomic E-state index is -0.399. The van der Waals surface area contributed by atoms with Crippen molar-refractivity contribution in [1.82, 2.24) is 5.32 Å². The Morgan fingerprint density at radius 2 is 2.08 bits per heavy atom. The summed E-state index contributed by atoms with van der Waals surface area (Å²) in [7, 11) is 0. The zero-order valence-corrected chi connectivity index (χ0v) is 7.35. The predicted octanol–water partition coefficient (Wildman–Crippen LogP) is 0.626. The molecular formula is C8H13N3O. The van der Waals surface area contributed by atoms with E-state index in [0.717, 1.165) is 12.8 Å². The Hall–Kier alpha value is -1.06. The summed E-state index contributed by atoms with van der Waals surface area (Å²) >= 11 is 0. The maximum atomic E-state index is 11.0. The van der Waals surface area contributed by atoms with Gasteiger partial charge in [-0.2, -0.15) is 4.99 Å². The van der Waals surface area contributed by atoms with Crippen molar-refractivity contribution >= 4 is 11.9 Å². The van der Waals surface area contributed by atoms with Crippen molar-refractivity contribution in [2.24, 2.45) is 16.1 Å². The summed E-state index contributed by atoms with van der Waals surface area (Å²) in [6.45, 7) is 4.07. The molecule has 1 heterocycles. The quantitative estimate of drug-likeness (QED) is 0.601. The van der Waals surface area contributed by atoms with Gasteiger partial charge < -0.3 is 11.1 Å². The number of nitrogens with two attached hydrogens (primary N) is 1. The van der Waals surface area contributed by atoms with Crippen molar-refractivity contribution in [2.45, 2.75) is 32.2 Å². The topological polar surface area (TPSA) is 67.5 Å². The van der Waals surface area contributed by atoms with Crippen LogP contribution in [-0.4, -0.2) is 17.4 Å². The van der Waals surface area contributed by atoms with Crippen molar-refractivity contribution in [3.63, 3.8) is 0 Å². The third-order valence-electron chi connectivity index (χ3n) is 3.30. The second-order valence-electron chi connectivity index (χ2n) is 4.11. The van der Waals surface area contributed by atoms with Crippen LogP contribution in [0.3, 0.4) is 0 Å². The van der Waals surface area contributed by atoms with Gasteiger partial charge in [-0.05, 0) is 25.2 Å². The third-order valence-corrected chi connectivity index (χ3v) is 3.30. The predicted molar refractivity (Wildman–Crippen MR) is 45.9 cm³/mol. The molecule has 1 saturated carbocycles. The van der Waals surface area contributed by atoms with E-state index in [1.807, 2.05) is 6.92 Å². The summed E-state index contributed by atoms with van der Waals surface area (Å²) in [5.74, 6) is 0.438. The lowest BCUT2D eigenvalue weighted by molar-refractivity contribution is 0.238. The van der Waals surface area contributed by atoms with Gasteiger partial charge in [-0.1, -0.05) is 6.92 Å². The molecule has 1 unspecified atom stereocenters. The first-order valence-electron chi connectivity index (χ1n) is 4.15. The van der Waals surface area contributed by atoms with Gasteiger partial charge in [0.05, 0.1) is 0 Å². The second-order valence-corrected chi connectivity index (χ2v) is 4.11. The molecule has 4 heteroatoms. The van der Waals surface area contributed by atoms with Crippen molar-refractivity contribution < 1.29 is 4.79 Å². The molecule has 0 radical (unpaired) electrons. The molecule has 1 aliphatic heterocycles. The van der Waals surface area contributed by atoms with E-state index in [1.54, 1.807) is 0 Å². The Balaban J connectivity index is 2.34. The van der Waals surface area contributed by atoms with Gasteiger partial charge in [-0.15, -0.1) is 0 Å². The van der Waals surface area contributed by atoms with Crippen LogP contribution in [0.1, 0.15) is 26.7 Å². The van der Waals surface area contributed by atoms with Crippen molar-refractivity contribution in [3.05, 3.63) is 0 Å². The largest absolute Gasteiger partial charge is 0.385 e. The van der Waals surface area contributed by atoms with Crippen molar-refractivity contribution in [2.75, 3.05) is 0 Å². The molecule has 1 aliphatic carbocycles. The lowest BCUT2D eigenvalue weighted by Crippen LogP contribution is -2.55. The Morgan fingerprint density at radius 1 is 1.50 bits per heavy atom. The average molecular weight is 167 g/mol. The number of nitrogens with one attached hydrogen (secondary N) is 1. The molecule has 0 bridgehead atoms. The van der Waals surface area contributed by atoms with Crippen LogP contribution >= 0.6 is 0 Å². The molecule has 1 fully saturated rings.